The molecule has 0 spiro atoms. The Morgan fingerprint density at radius 3 is 2.80 bits per heavy atom. The van der Waals surface area contributed by atoms with E-state index in [2.05, 4.69) is 4.98 Å². The number of hydrogen-bond donors (Lipinski definition) is 1. The maximum absolute atomic E-state index is 13.4. The van der Waals surface area contributed by atoms with E-state index in [0.29, 0.717) is 17.1 Å². The van der Waals surface area contributed by atoms with Gasteiger partial charge in [-0.2, -0.15) is 0 Å². The number of ether oxygens (including phenoxy) is 1. The molecule has 0 fully saturated rings. The average molecular weight is 288 g/mol. The van der Waals surface area contributed by atoms with E-state index in [1.165, 1.54) is 12.1 Å². The van der Waals surface area contributed by atoms with Crippen molar-refractivity contribution in [2.45, 2.75) is 6.92 Å². The number of nitrogens with zero attached hydrogens (tertiary/aromatic N) is 1. The molecular weight excluding hydrogens is 275 g/mol. The third-order valence-corrected chi connectivity index (χ3v) is 3.33. The molecule has 0 radical (unpaired) electrons. The van der Waals surface area contributed by atoms with Gasteiger partial charge < -0.3 is 9.72 Å². The minimum atomic E-state index is -0.292. The Hall–Kier alpha value is -2.14. The Balaban J connectivity index is 2.29. The van der Waals surface area contributed by atoms with E-state index < -0.39 is 0 Å². The van der Waals surface area contributed by atoms with Crippen molar-refractivity contribution in [1.29, 1.82) is 0 Å². The van der Waals surface area contributed by atoms with Gasteiger partial charge in [0.15, 0.2) is 4.77 Å². The molecule has 0 amide bonds. The van der Waals surface area contributed by atoms with Crippen LogP contribution in [0.4, 0.5) is 4.39 Å². The number of hydrogen-bond acceptors (Lipinski definition) is 2. The van der Waals surface area contributed by atoms with Crippen LogP contribution in [0.5, 0.6) is 5.75 Å². The number of nitrogens with one attached hydrogen (secondary N) is 1. The lowest BCUT2D eigenvalue weighted by molar-refractivity contribution is 0.343. The molecule has 2 aromatic carbocycles. The van der Waals surface area contributed by atoms with Gasteiger partial charge in [-0.05, 0) is 49.5 Å². The third kappa shape index (κ3) is 2.10. The summed E-state index contributed by atoms with van der Waals surface area (Å²) < 4.78 is 21.3. The first kappa shape index (κ1) is 12.9. The zero-order valence-electron chi connectivity index (χ0n) is 10.9. The highest BCUT2D eigenvalue weighted by molar-refractivity contribution is 7.71. The number of H-pyrrole nitrogens is 1. The Kier molecular flexibility index (Phi) is 3.28. The normalized spacial score (nSPS) is 10.9. The second kappa shape index (κ2) is 5.09. The molecule has 0 saturated carbocycles. The van der Waals surface area contributed by atoms with E-state index in [-0.39, 0.29) is 5.82 Å². The molecule has 0 bridgehead atoms. The van der Waals surface area contributed by atoms with Gasteiger partial charge in [0.25, 0.3) is 0 Å². The third-order valence-electron chi connectivity index (χ3n) is 3.05. The van der Waals surface area contributed by atoms with Crippen molar-refractivity contribution < 1.29 is 9.13 Å². The van der Waals surface area contributed by atoms with Crippen LogP contribution in [-0.4, -0.2) is 16.2 Å². The van der Waals surface area contributed by atoms with Crippen LogP contribution >= 0.6 is 12.2 Å². The monoisotopic (exact) mass is 288 g/mol. The SMILES string of the molecule is CCOc1cccc2c1[nH]c(=S)n2-c1cccc(F)c1. The van der Waals surface area contributed by atoms with Crippen molar-refractivity contribution in [2.75, 3.05) is 6.61 Å². The number of aromatic nitrogens is 2. The number of halogens is 1. The highest BCUT2D eigenvalue weighted by Crippen LogP contribution is 2.27. The van der Waals surface area contributed by atoms with Gasteiger partial charge in [-0.15, -0.1) is 0 Å². The summed E-state index contributed by atoms with van der Waals surface area (Å²) >= 11 is 5.35. The molecule has 3 nitrogen and oxygen atoms in total. The van der Waals surface area contributed by atoms with Crippen molar-refractivity contribution in [3.8, 4) is 11.4 Å². The molecule has 3 rings (SSSR count). The van der Waals surface area contributed by atoms with Crippen LogP contribution in [0.15, 0.2) is 42.5 Å². The number of fused-ring (bicyclic) bond motifs is 1. The van der Waals surface area contributed by atoms with Crippen LogP contribution in [-0.2, 0) is 0 Å². The van der Waals surface area contributed by atoms with E-state index in [1.807, 2.05) is 31.2 Å². The van der Waals surface area contributed by atoms with Gasteiger partial charge in [-0.3, -0.25) is 4.57 Å². The molecule has 1 aromatic heterocycles. The van der Waals surface area contributed by atoms with Crippen molar-refractivity contribution in [3.05, 3.63) is 53.1 Å². The fourth-order valence-electron chi connectivity index (χ4n) is 2.25. The molecule has 0 saturated heterocycles. The van der Waals surface area contributed by atoms with Crippen molar-refractivity contribution in [2.24, 2.45) is 0 Å². The topological polar surface area (TPSA) is 29.9 Å². The van der Waals surface area contributed by atoms with Gasteiger partial charge in [0, 0.05) is 0 Å². The second-order valence-electron chi connectivity index (χ2n) is 4.33. The average Bonchev–Trinajstić information content (AvgIpc) is 2.76. The predicted octanol–water partition coefficient (Wildman–Crippen LogP) is 4.23. The van der Waals surface area contributed by atoms with Crippen LogP contribution in [0.2, 0.25) is 0 Å². The summed E-state index contributed by atoms with van der Waals surface area (Å²) in [5.41, 5.74) is 2.38. The van der Waals surface area contributed by atoms with Crippen molar-refractivity contribution in [1.82, 2.24) is 9.55 Å². The minimum Gasteiger partial charge on any atom is -0.492 e. The lowest BCUT2D eigenvalue weighted by Crippen LogP contribution is -1.95. The Morgan fingerprint density at radius 1 is 1.25 bits per heavy atom. The summed E-state index contributed by atoms with van der Waals surface area (Å²) in [4.78, 5) is 3.13. The highest BCUT2D eigenvalue weighted by Gasteiger charge is 2.10. The van der Waals surface area contributed by atoms with E-state index >= 15 is 0 Å². The number of rotatable bonds is 3. The Bertz CT molecular complexity index is 822. The van der Waals surface area contributed by atoms with Gasteiger partial charge in [0.2, 0.25) is 0 Å². The smallest absolute Gasteiger partial charge is 0.182 e. The number of para-hydroxylation sites is 1. The summed E-state index contributed by atoms with van der Waals surface area (Å²) in [6.45, 7) is 2.50. The van der Waals surface area contributed by atoms with E-state index in [0.717, 1.165) is 16.8 Å². The molecular formula is C15H13FN2OS. The summed E-state index contributed by atoms with van der Waals surface area (Å²) in [7, 11) is 0. The van der Waals surface area contributed by atoms with Gasteiger partial charge >= 0.3 is 0 Å². The Labute approximate surface area is 120 Å². The lowest BCUT2D eigenvalue weighted by atomic mass is 10.2. The summed E-state index contributed by atoms with van der Waals surface area (Å²) in [5.74, 6) is 0.450. The molecule has 102 valence electrons. The highest BCUT2D eigenvalue weighted by atomic mass is 32.1. The first-order valence-electron chi connectivity index (χ1n) is 6.33. The van der Waals surface area contributed by atoms with E-state index in [9.17, 15) is 4.39 Å². The first-order valence-corrected chi connectivity index (χ1v) is 6.74. The van der Waals surface area contributed by atoms with Gasteiger partial charge in [0.1, 0.15) is 17.1 Å². The zero-order chi connectivity index (χ0) is 14.1. The molecule has 1 heterocycles. The minimum absolute atomic E-state index is 0.292. The fraction of sp³-hybridized carbons (Fsp3) is 0.133. The van der Waals surface area contributed by atoms with Gasteiger partial charge in [-0.25, -0.2) is 4.39 Å². The molecule has 20 heavy (non-hydrogen) atoms. The molecule has 0 aliphatic heterocycles. The predicted molar refractivity (Wildman–Crippen MR) is 79.6 cm³/mol. The van der Waals surface area contributed by atoms with Crippen LogP contribution in [0, 0.1) is 10.6 Å². The standard InChI is InChI=1S/C15H13FN2OS/c1-2-19-13-8-4-7-12-14(13)17-15(20)18(12)11-6-3-5-10(16)9-11/h3-9H,2H2,1H3,(H,17,20). The van der Waals surface area contributed by atoms with E-state index in [1.54, 1.807) is 10.6 Å². The Morgan fingerprint density at radius 2 is 2.05 bits per heavy atom. The lowest BCUT2D eigenvalue weighted by Gasteiger charge is -2.06. The van der Waals surface area contributed by atoms with Gasteiger partial charge in [0.05, 0.1) is 17.8 Å². The zero-order valence-corrected chi connectivity index (χ0v) is 11.7. The molecule has 0 atom stereocenters. The number of benzene rings is 2. The van der Waals surface area contributed by atoms with Crippen LogP contribution in [0.25, 0.3) is 16.7 Å². The largest absolute Gasteiger partial charge is 0.492 e. The number of imidazole rings is 1. The van der Waals surface area contributed by atoms with Crippen molar-refractivity contribution in [3.63, 3.8) is 0 Å². The fourth-order valence-corrected chi connectivity index (χ4v) is 2.56. The molecule has 0 unspecified atom stereocenters. The van der Waals surface area contributed by atoms with Crippen LogP contribution in [0.1, 0.15) is 6.92 Å². The molecule has 1 N–H and O–H groups in total. The molecule has 0 aliphatic carbocycles. The molecule has 5 heteroatoms. The van der Waals surface area contributed by atoms with Crippen LogP contribution < -0.4 is 4.74 Å². The van der Waals surface area contributed by atoms with Crippen molar-refractivity contribution >= 4 is 23.3 Å². The quantitative estimate of drug-likeness (QED) is 0.731. The maximum Gasteiger partial charge on any atom is 0.182 e. The van der Waals surface area contributed by atoms with Crippen LogP contribution in [0.3, 0.4) is 0 Å². The summed E-state index contributed by atoms with van der Waals surface area (Å²) in [6, 6.07) is 12.1. The number of aromatic amines is 1. The second-order valence-corrected chi connectivity index (χ2v) is 4.72. The van der Waals surface area contributed by atoms with Gasteiger partial charge in [-0.1, -0.05) is 12.1 Å². The molecule has 0 aliphatic rings. The first-order chi connectivity index (χ1) is 9.70. The molecule has 3 aromatic rings. The summed E-state index contributed by atoms with van der Waals surface area (Å²) in [6.07, 6.45) is 0. The summed E-state index contributed by atoms with van der Waals surface area (Å²) in [5, 5.41) is 0. The van der Waals surface area contributed by atoms with E-state index in [4.69, 9.17) is 17.0 Å². The maximum atomic E-state index is 13.4.